The SMILES string of the molecule is [2H]C1(N2Cc3c(N)cccc3C2=O)CCC(=O)NC1=O.[2H][2H].[2H][2H].[2H][2H].[2H][2H]. The lowest BCUT2D eigenvalue weighted by Gasteiger charge is -2.29. The predicted molar refractivity (Wildman–Crippen MR) is 75.4 cm³/mol. The Bertz CT molecular complexity index is 665. The van der Waals surface area contributed by atoms with Gasteiger partial charge in [-0.25, -0.2) is 0 Å². The summed E-state index contributed by atoms with van der Waals surface area (Å²) < 4.78 is 48.3. The first-order valence-corrected chi connectivity index (χ1v) is 5.97. The number of nitrogens with zero attached hydrogens (tertiary/aromatic N) is 1. The van der Waals surface area contributed by atoms with E-state index in [0.29, 0.717) is 16.8 Å². The van der Waals surface area contributed by atoms with Gasteiger partial charge in [0.25, 0.3) is 5.91 Å². The summed E-state index contributed by atoms with van der Waals surface area (Å²) in [5.74, 6) is -1.57. The minimum absolute atomic E-state index is 0.00268. The maximum absolute atomic E-state index is 12.4. The van der Waals surface area contributed by atoms with Crippen molar-refractivity contribution in [1.29, 1.82) is 0 Å². The molecule has 1 fully saturated rings. The largest absolute Gasteiger partial charge is 0.398 e. The normalized spacial score (nSPS) is 28.7. The molecule has 3 amide bonds. The maximum atomic E-state index is 12.4. The number of anilines is 1. The minimum Gasteiger partial charge on any atom is -0.398 e. The molecule has 1 unspecified atom stereocenters. The molecule has 19 heavy (non-hydrogen) atoms. The lowest BCUT2D eigenvalue weighted by atomic mass is 10.0. The van der Waals surface area contributed by atoms with Crippen molar-refractivity contribution in [2.45, 2.75) is 25.4 Å². The van der Waals surface area contributed by atoms with Crippen molar-refractivity contribution in [3.63, 3.8) is 0 Å². The standard InChI is InChI=1S/C13H13N3O3.4H2/c14-9-3-1-2-7-8(9)6-16(13(7)19)10-4-5-11(17)15-12(10)18;;;;/h1-3,10H,4-6,14H2,(H,15,17,18);4*1H/i10D;4*1+1D. The lowest BCUT2D eigenvalue weighted by molar-refractivity contribution is -0.136. The van der Waals surface area contributed by atoms with Crippen LogP contribution in [0.5, 0.6) is 0 Å². The van der Waals surface area contributed by atoms with E-state index in [0.717, 1.165) is 0 Å². The summed E-state index contributed by atoms with van der Waals surface area (Å²) in [6.45, 7) is 0.117. The number of hydrogen-bond acceptors (Lipinski definition) is 4. The number of piperidine rings is 1. The van der Waals surface area contributed by atoms with E-state index in [9.17, 15) is 14.4 Å². The van der Waals surface area contributed by atoms with Gasteiger partial charge in [0.05, 0.1) is 1.37 Å². The number of carbonyl (C=O) groups excluding carboxylic acids is 3. The van der Waals surface area contributed by atoms with E-state index in [1.54, 1.807) is 18.2 Å². The predicted octanol–water partition coefficient (Wildman–Crippen LogP) is 1.01. The van der Waals surface area contributed by atoms with Crippen LogP contribution in [-0.2, 0) is 16.1 Å². The van der Waals surface area contributed by atoms with Gasteiger partial charge < -0.3 is 10.6 Å². The highest BCUT2D eigenvalue weighted by Gasteiger charge is 2.39. The van der Waals surface area contributed by atoms with Crippen molar-refractivity contribution >= 4 is 23.4 Å². The van der Waals surface area contributed by atoms with E-state index in [2.05, 4.69) is 5.32 Å². The smallest absolute Gasteiger partial charge is 0.255 e. The van der Waals surface area contributed by atoms with E-state index in [-0.39, 0.29) is 19.4 Å². The number of benzene rings is 1. The summed E-state index contributed by atoms with van der Waals surface area (Å²) in [6.07, 6.45) is 0.0438. The van der Waals surface area contributed by atoms with Gasteiger partial charge in [-0.2, -0.15) is 0 Å². The summed E-state index contributed by atoms with van der Waals surface area (Å²) >= 11 is 0. The van der Waals surface area contributed by atoms with E-state index in [4.69, 9.17) is 19.0 Å². The van der Waals surface area contributed by atoms with Crippen molar-refractivity contribution < 1.29 is 27.6 Å². The van der Waals surface area contributed by atoms with Crippen molar-refractivity contribution in [3.8, 4) is 0 Å². The Labute approximate surface area is 123 Å². The topological polar surface area (TPSA) is 92.5 Å². The van der Waals surface area contributed by atoms with Gasteiger partial charge in [0.15, 0.2) is 0 Å². The van der Waals surface area contributed by atoms with Gasteiger partial charge in [-0.1, -0.05) is 6.07 Å². The zero-order valence-electron chi connectivity index (χ0n) is 19.1. The number of carbonyl (C=O) groups is 3. The third-order valence-electron chi connectivity index (χ3n) is 3.43. The second kappa shape index (κ2) is 4.08. The Morgan fingerprint density at radius 3 is 2.95 bits per heavy atom. The van der Waals surface area contributed by atoms with Crippen LogP contribution in [0.1, 0.15) is 42.0 Å². The Morgan fingerprint density at radius 2 is 2.26 bits per heavy atom. The second-order valence-corrected chi connectivity index (χ2v) is 4.59. The molecule has 0 bridgehead atoms. The zero-order valence-corrected chi connectivity index (χ0v) is 10.1. The monoisotopic (exact) mass is 276 g/mol. The fraction of sp³-hybridized carbons (Fsp3) is 0.308. The van der Waals surface area contributed by atoms with Gasteiger partial charge >= 0.3 is 0 Å². The van der Waals surface area contributed by atoms with Crippen LogP contribution in [0.2, 0.25) is 0 Å². The van der Waals surface area contributed by atoms with Gasteiger partial charge in [-0.15, -0.1) is 0 Å². The minimum atomic E-state index is -1.75. The molecule has 1 aromatic rings. The quantitative estimate of drug-likeness (QED) is 0.591. The molecule has 3 N–H and O–H groups in total. The first kappa shape index (κ1) is 7.28. The van der Waals surface area contributed by atoms with Crippen LogP contribution in [0, 0.1) is 0 Å². The molecule has 0 spiro atoms. The number of rotatable bonds is 1. The first-order valence-electron chi connectivity index (χ1n) is 10.5. The highest BCUT2D eigenvalue weighted by Crippen LogP contribution is 2.30. The first-order chi connectivity index (χ1) is 13.4. The summed E-state index contributed by atoms with van der Waals surface area (Å²) in [7, 11) is 0. The highest BCUT2D eigenvalue weighted by molar-refractivity contribution is 6.06. The average Bonchev–Trinajstić information content (AvgIpc) is 3.10. The molecule has 2 aliphatic rings. The number of fused-ring (bicyclic) bond motifs is 1. The summed E-state index contributed by atoms with van der Waals surface area (Å²) in [5.41, 5.74) is 7.35. The van der Waals surface area contributed by atoms with Crippen LogP contribution in [0.15, 0.2) is 18.2 Å². The van der Waals surface area contributed by atoms with Crippen LogP contribution in [0.3, 0.4) is 0 Å². The molecule has 1 saturated heterocycles. The molecule has 2 heterocycles. The number of nitrogens with two attached hydrogens (primary N) is 1. The van der Waals surface area contributed by atoms with Crippen LogP contribution < -0.4 is 11.1 Å². The molecule has 0 saturated carbocycles. The zero-order chi connectivity index (χ0) is 22.5. The molecule has 0 radical (unpaired) electrons. The Balaban J connectivity index is 0. The van der Waals surface area contributed by atoms with Crippen LogP contribution >= 0.6 is 0 Å². The third kappa shape index (κ3) is 1.76. The molecule has 2 aliphatic heterocycles. The van der Waals surface area contributed by atoms with Crippen LogP contribution in [0.25, 0.3) is 0 Å². The number of imide groups is 1. The van der Waals surface area contributed by atoms with Gasteiger partial charge in [-0.05, 0) is 18.6 Å². The lowest BCUT2D eigenvalue weighted by Crippen LogP contribution is -2.52. The van der Waals surface area contributed by atoms with Gasteiger partial charge in [0.2, 0.25) is 11.8 Å². The molecule has 6 heteroatoms. The number of amides is 3. The van der Waals surface area contributed by atoms with Crippen LogP contribution in [0.4, 0.5) is 5.69 Å². The third-order valence-corrected chi connectivity index (χ3v) is 3.43. The van der Waals surface area contributed by atoms with Crippen molar-refractivity contribution in [2.75, 3.05) is 5.73 Å². The molecular formula is C13H21N3O3. The number of hydrogen-bond donors (Lipinski definition) is 2. The molecule has 1 aromatic carbocycles. The van der Waals surface area contributed by atoms with Crippen molar-refractivity contribution in [1.82, 2.24) is 10.2 Å². The van der Waals surface area contributed by atoms with Gasteiger partial charge in [-0.3, -0.25) is 19.7 Å². The molecule has 106 valence electrons. The second-order valence-electron chi connectivity index (χ2n) is 4.59. The fourth-order valence-electron chi connectivity index (χ4n) is 2.44. The summed E-state index contributed by atoms with van der Waals surface area (Å²) in [5, 5.41) is 2.12. The molecule has 3 rings (SSSR count). The number of nitrogens with one attached hydrogen (secondary N) is 1. The van der Waals surface area contributed by atoms with Gasteiger partial charge in [0.1, 0.15) is 6.02 Å². The van der Waals surface area contributed by atoms with E-state index in [1.165, 1.54) is 4.90 Å². The molecule has 0 aliphatic carbocycles. The summed E-state index contributed by atoms with van der Waals surface area (Å²) in [4.78, 5) is 36.7. The van der Waals surface area contributed by atoms with Gasteiger partial charge in [0, 0.05) is 41.7 Å². The molecule has 1 atom stereocenters. The maximum Gasteiger partial charge on any atom is 0.255 e. The van der Waals surface area contributed by atoms with Crippen molar-refractivity contribution in [2.24, 2.45) is 0 Å². The molecule has 6 nitrogen and oxygen atoms in total. The average molecular weight is 276 g/mol. The Kier molecular flexibility index (Phi) is 1.56. The van der Waals surface area contributed by atoms with E-state index >= 15 is 0 Å². The fourth-order valence-corrected chi connectivity index (χ4v) is 2.44. The Morgan fingerprint density at radius 1 is 1.47 bits per heavy atom. The van der Waals surface area contributed by atoms with E-state index in [1.807, 2.05) is 0 Å². The van der Waals surface area contributed by atoms with Crippen molar-refractivity contribution in [3.05, 3.63) is 29.3 Å². The van der Waals surface area contributed by atoms with Crippen LogP contribution in [-0.4, -0.2) is 28.6 Å². The van der Waals surface area contributed by atoms with E-state index < -0.39 is 23.7 Å². The Hall–Kier alpha value is -2.37. The summed E-state index contributed by atoms with van der Waals surface area (Å²) in [6, 6.07) is 3.22. The number of nitrogen functional groups attached to an aromatic ring is 1. The molecule has 0 aromatic heterocycles. The molecular weight excluding hydrogens is 246 g/mol. The highest BCUT2D eigenvalue weighted by atomic mass is 16.2.